The van der Waals surface area contributed by atoms with Gasteiger partial charge in [-0.05, 0) is 45.7 Å². The van der Waals surface area contributed by atoms with Crippen LogP contribution in [0.5, 0.6) is 0 Å². The maximum Gasteiger partial charge on any atom is 0.239 e. The van der Waals surface area contributed by atoms with Gasteiger partial charge in [0.1, 0.15) is 0 Å². The van der Waals surface area contributed by atoms with E-state index in [9.17, 15) is 4.79 Å². The van der Waals surface area contributed by atoms with Crippen LogP contribution in [0.2, 0.25) is 0 Å². The van der Waals surface area contributed by atoms with Crippen LogP contribution in [0.1, 0.15) is 38.4 Å². The molecule has 0 atom stereocenters. The van der Waals surface area contributed by atoms with Crippen molar-refractivity contribution in [2.75, 3.05) is 13.1 Å². The molecule has 0 aliphatic heterocycles. The minimum Gasteiger partial charge on any atom is -0.355 e. The average Bonchev–Trinajstić information content (AvgIpc) is 2.70. The number of nitrogens with zero attached hydrogens (tertiary/aromatic N) is 1. The number of nitrogens with one attached hydrogen (secondary N) is 3. The summed E-state index contributed by atoms with van der Waals surface area (Å²) in [5, 5.41) is 13.0. The molecule has 102 valence electrons. The van der Waals surface area contributed by atoms with Gasteiger partial charge in [0.05, 0.1) is 11.7 Å². The van der Waals surface area contributed by atoms with Crippen LogP contribution in [0.4, 0.5) is 0 Å². The second-order valence-electron chi connectivity index (χ2n) is 5.04. The summed E-state index contributed by atoms with van der Waals surface area (Å²) in [5.74, 6) is 0.0493. The standard InChI is InChI=1S/C13H24N4O/c1-5-15-13(3,4)12(18)14-8-6-7-11-9-16-17-10(11)2/h9,15H,5-8H2,1-4H3,(H,14,18)(H,16,17). The van der Waals surface area contributed by atoms with Gasteiger partial charge >= 0.3 is 0 Å². The lowest BCUT2D eigenvalue weighted by atomic mass is 10.0. The number of aromatic nitrogens is 2. The molecule has 1 amide bonds. The van der Waals surface area contributed by atoms with E-state index in [1.54, 1.807) is 0 Å². The van der Waals surface area contributed by atoms with Crippen LogP contribution >= 0.6 is 0 Å². The third-order valence-corrected chi connectivity index (χ3v) is 3.03. The molecule has 0 aliphatic rings. The van der Waals surface area contributed by atoms with Gasteiger partial charge in [-0.3, -0.25) is 9.89 Å². The predicted molar refractivity (Wildman–Crippen MR) is 72.4 cm³/mol. The van der Waals surface area contributed by atoms with Crippen molar-refractivity contribution in [1.82, 2.24) is 20.8 Å². The summed E-state index contributed by atoms with van der Waals surface area (Å²) in [6.45, 7) is 9.27. The molecule has 5 heteroatoms. The smallest absolute Gasteiger partial charge is 0.239 e. The van der Waals surface area contributed by atoms with E-state index in [1.807, 2.05) is 33.9 Å². The number of hydrogen-bond donors (Lipinski definition) is 3. The maximum absolute atomic E-state index is 11.9. The summed E-state index contributed by atoms with van der Waals surface area (Å²) in [4.78, 5) is 11.9. The van der Waals surface area contributed by atoms with Gasteiger partial charge in [0.25, 0.3) is 0 Å². The van der Waals surface area contributed by atoms with Crippen molar-refractivity contribution < 1.29 is 4.79 Å². The van der Waals surface area contributed by atoms with Gasteiger partial charge in [-0.25, -0.2) is 0 Å². The Morgan fingerprint density at radius 3 is 2.78 bits per heavy atom. The van der Waals surface area contributed by atoms with Gasteiger partial charge in [-0.1, -0.05) is 6.92 Å². The van der Waals surface area contributed by atoms with E-state index in [1.165, 1.54) is 5.56 Å². The fourth-order valence-corrected chi connectivity index (χ4v) is 1.85. The van der Waals surface area contributed by atoms with Gasteiger partial charge in [-0.2, -0.15) is 5.10 Å². The highest BCUT2D eigenvalue weighted by molar-refractivity contribution is 5.85. The maximum atomic E-state index is 11.9. The number of carbonyl (C=O) groups excluding carboxylic acids is 1. The van der Waals surface area contributed by atoms with Crippen LogP contribution in [0.15, 0.2) is 6.20 Å². The summed E-state index contributed by atoms with van der Waals surface area (Å²) in [6.07, 6.45) is 3.71. The summed E-state index contributed by atoms with van der Waals surface area (Å²) >= 11 is 0. The van der Waals surface area contributed by atoms with Crippen molar-refractivity contribution >= 4 is 5.91 Å². The van der Waals surface area contributed by atoms with E-state index in [2.05, 4.69) is 20.8 Å². The van der Waals surface area contributed by atoms with E-state index in [4.69, 9.17) is 0 Å². The first kappa shape index (κ1) is 14.7. The summed E-state index contributed by atoms with van der Waals surface area (Å²) in [7, 11) is 0. The van der Waals surface area contributed by atoms with Gasteiger partial charge in [-0.15, -0.1) is 0 Å². The Kier molecular flexibility index (Phi) is 5.34. The molecule has 0 bridgehead atoms. The molecular formula is C13H24N4O. The number of aromatic amines is 1. The fourth-order valence-electron chi connectivity index (χ4n) is 1.85. The van der Waals surface area contributed by atoms with Gasteiger partial charge in [0.2, 0.25) is 5.91 Å². The molecule has 0 aromatic carbocycles. The number of H-pyrrole nitrogens is 1. The Morgan fingerprint density at radius 2 is 2.22 bits per heavy atom. The topological polar surface area (TPSA) is 69.8 Å². The van der Waals surface area contributed by atoms with Gasteiger partial charge in [0.15, 0.2) is 0 Å². The number of likely N-dealkylation sites (N-methyl/N-ethyl adjacent to an activating group) is 1. The molecule has 0 saturated heterocycles. The number of rotatable bonds is 7. The van der Waals surface area contributed by atoms with E-state index in [-0.39, 0.29) is 5.91 Å². The molecular weight excluding hydrogens is 228 g/mol. The normalized spacial score (nSPS) is 11.6. The van der Waals surface area contributed by atoms with Crippen LogP contribution < -0.4 is 10.6 Å². The van der Waals surface area contributed by atoms with Crippen LogP contribution in [0.25, 0.3) is 0 Å². The molecule has 1 aromatic heterocycles. The molecule has 0 aliphatic carbocycles. The Morgan fingerprint density at radius 1 is 1.50 bits per heavy atom. The molecule has 0 saturated carbocycles. The van der Waals surface area contributed by atoms with Crippen molar-refractivity contribution in [1.29, 1.82) is 0 Å². The minimum atomic E-state index is -0.500. The van der Waals surface area contributed by atoms with Crippen molar-refractivity contribution in [2.24, 2.45) is 0 Å². The molecule has 1 heterocycles. The lowest BCUT2D eigenvalue weighted by molar-refractivity contribution is -0.126. The zero-order valence-electron chi connectivity index (χ0n) is 11.8. The number of amides is 1. The molecule has 1 aromatic rings. The number of hydrogen-bond acceptors (Lipinski definition) is 3. The third kappa shape index (κ3) is 4.14. The molecule has 3 N–H and O–H groups in total. The van der Waals surface area contributed by atoms with E-state index >= 15 is 0 Å². The zero-order valence-corrected chi connectivity index (χ0v) is 11.8. The Bertz CT molecular complexity index is 384. The van der Waals surface area contributed by atoms with Crippen LogP contribution in [-0.2, 0) is 11.2 Å². The zero-order chi connectivity index (χ0) is 13.6. The molecule has 0 spiro atoms. The van der Waals surface area contributed by atoms with Gasteiger partial charge in [0, 0.05) is 12.2 Å². The lowest BCUT2D eigenvalue weighted by Crippen LogP contribution is -2.52. The molecule has 5 nitrogen and oxygen atoms in total. The van der Waals surface area contributed by atoms with Crippen molar-refractivity contribution in [2.45, 2.75) is 46.1 Å². The summed E-state index contributed by atoms with van der Waals surface area (Å²) in [5.41, 5.74) is 1.82. The fraction of sp³-hybridized carbons (Fsp3) is 0.692. The molecule has 0 unspecified atom stereocenters. The Balaban J connectivity index is 2.26. The second kappa shape index (κ2) is 6.54. The Hall–Kier alpha value is -1.36. The molecule has 1 rings (SSSR count). The number of aryl methyl sites for hydroxylation is 2. The van der Waals surface area contributed by atoms with Gasteiger partial charge < -0.3 is 10.6 Å². The first-order valence-corrected chi connectivity index (χ1v) is 6.49. The quantitative estimate of drug-likeness (QED) is 0.638. The average molecular weight is 252 g/mol. The third-order valence-electron chi connectivity index (χ3n) is 3.03. The molecule has 0 radical (unpaired) electrons. The largest absolute Gasteiger partial charge is 0.355 e. The van der Waals surface area contributed by atoms with Crippen LogP contribution in [0.3, 0.4) is 0 Å². The van der Waals surface area contributed by atoms with E-state index in [0.717, 1.165) is 25.1 Å². The van der Waals surface area contributed by atoms with Crippen molar-refractivity contribution in [3.63, 3.8) is 0 Å². The SMILES string of the molecule is CCNC(C)(C)C(=O)NCCCc1cn[nH]c1C. The van der Waals surface area contributed by atoms with E-state index < -0.39 is 5.54 Å². The first-order chi connectivity index (χ1) is 8.47. The van der Waals surface area contributed by atoms with Crippen LogP contribution in [0, 0.1) is 6.92 Å². The highest BCUT2D eigenvalue weighted by atomic mass is 16.2. The van der Waals surface area contributed by atoms with Crippen molar-refractivity contribution in [3.8, 4) is 0 Å². The highest BCUT2D eigenvalue weighted by Crippen LogP contribution is 2.06. The first-order valence-electron chi connectivity index (χ1n) is 6.49. The van der Waals surface area contributed by atoms with Crippen molar-refractivity contribution in [3.05, 3.63) is 17.5 Å². The van der Waals surface area contributed by atoms with Crippen LogP contribution in [-0.4, -0.2) is 34.7 Å². The van der Waals surface area contributed by atoms with E-state index in [0.29, 0.717) is 6.54 Å². The predicted octanol–water partition coefficient (Wildman–Crippen LogP) is 1.16. The monoisotopic (exact) mass is 252 g/mol. The second-order valence-corrected chi connectivity index (χ2v) is 5.04. The molecule has 18 heavy (non-hydrogen) atoms. The number of carbonyl (C=O) groups is 1. The highest BCUT2D eigenvalue weighted by Gasteiger charge is 2.25. The minimum absolute atomic E-state index is 0.0493. The molecule has 0 fully saturated rings. The summed E-state index contributed by atoms with van der Waals surface area (Å²) in [6, 6.07) is 0. The Labute approximate surface area is 109 Å². The lowest BCUT2D eigenvalue weighted by Gasteiger charge is -2.24. The summed E-state index contributed by atoms with van der Waals surface area (Å²) < 4.78 is 0.